The minimum absolute atomic E-state index is 0.268. The number of nitrogens with zero attached hydrogens (tertiary/aromatic N) is 2. The van der Waals surface area contributed by atoms with Gasteiger partial charge in [-0.15, -0.1) is 11.3 Å². The molecule has 2 aromatic rings. The monoisotopic (exact) mass is 324 g/mol. The first kappa shape index (κ1) is 14.3. The highest BCUT2D eigenvalue weighted by atomic mass is 32.1. The van der Waals surface area contributed by atoms with Gasteiger partial charge in [0.05, 0.1) is 5.56 Å². The van der Waals surface area contributed by atoms with Crippen LogP contribution < -0.4 is 9.47 Å². The van der Waals surface area contributed by atoms with Gasteiger partial charge in [-0.3, -0.25) is 0 Å². The van der Waals surface area contributed by atoms with Crippen LogP contribution >= 0.6 is 11.3 Å². The molecule has 2 heterocycles. The molecule has 1 aromatic heterocycles. The first-order chi connectivity index (χ1) is 11.2. The van der Waals surface area contributed by atoms with E-state index in [2.05, 4.69) is 18.0 Å². The van der Waals surface area contributed by atoms with Crippen LogP contribution in [0.15, 0.2) is 23.2 Å². The number of fused-ring (bicyclic) bond motifs is 2. The molecular formula is C18H16N2O2S. The third kappa shape index (κ3) is 2.60. The SMILES string of the molecule is C[C@H]1CCc2c(sc(N=Cc3ccc4c(c3)OCO4)c2C#N)C1. The molecule has 0 amide bonds. The summed E-state index contributed by atoms with van der Waals surface area (Å²) in [6.07, 6.45) is 5.01. The van der Waals surface area contributed by atoms with Gasteiger partial charge < -0.3 is 9.47 Å². The fraction of sp³-hybridized carbons (Fsp3) is 0.333. The summed E-state index contributed by atoms with van der Waals surface area (Å²) in [5.74, 6) is 2.20. The van der Waals surface area contributed by atoms with E-state index < -0.39 is 0 Å². The van der Waals surface area contributed by atoms with Crippen molar-refractivity contribution in [2.24, 2.45) is 10.9 Å². The number of aliphatic imine (C=N–C) groups is 1. The Labute approximate surface area is 139 Å². The molecular weight excluding hydrogens is 308 g/mol. The highest BCUT2D eigenvalue weighted by Gasteiger charge is 2.23. The normalized spacial score (nSPS) is 18.9. The topological polar surface area (TPSA) is 54.6 Å². The molecule has 0 spiro atoms. The lowest BCUT2D eigenvalue weighted by atomic mass is 9.89. The molecule has 0 saturated carbocycles. The van der Waals surface area contributed by atoms with Crippen LogP contribution in [-0.4, -0.2) is 13.0 Å². The summed E-state index contributed by atoms with van der Waals surface area (Å²) in [6, 6.07) is 8.09. The highest BCUT2D eigenvalue weighted by molar-refractivity contribution is 7.16. The van der Waals surface area contributed by atoms with Crippen molar-refractivity contribution in [3.05, 3.63) is 39.8 Å². The molecule has 1 aliphatic heterocycles. The third-order valence-corrected chi connectivity index (χ3v) is 5.49. The van der Waals surface area contributed by atoms with Crippen LogP contribution in [0.1, 0.15) is 34.9 Å². The molecule has 1 atom stereocenters. The Bertz CT molecular complexity index is 832. The Kier molecular flexibility index (Phi) is 3.55. The van der Waals surface area contributed by atoms with Crippen LogP contribution in [0.25, 0.3) is 0 Å². The first-order valence-corrected chi connectivity index (χ1v) is 8.54. The zero-order chi connectivity index (χ0) is 15.8. The van der Waals surface area contributed by atoms with Crippen LogP contribution in [0, 0.1) is 17.2 Å². The van der Waals surface area contributed by atoms with Crippen molar-refractivity contribution in [3.63, 3.8) is 0 Å². The number of hydrogen-bond donors (Lipinski definition) is 0. The van der Waals surface area contributed by atoms with Crippen molar-refractivity contribution in [2.45, 2.75) is 26.2 Å². The molecule has 23 heavy (non-hydrogen) atoms. The molecule has 4 rings (SSSR count). The number of thiophene rings is 1. The summed E-state index contributed by atoms with van der Waals surface area (Å²) in [6.45, 7) is 2.54. The molecule has 0 N–H and O–H groups in total. The molecule has 0 radical (unpaired) electrons. The summed E-state index contributed by atoms with van der Waals surface area (Å²) < 4.78 is 10.7. The largest absolute Gasteiger partial charge is 0.454 e. The average Bonchev–Trinajstić information content (AvgIpc) is 3.15. The van der Waals surface area contributed by atoms with Crippen LogP contribution in [0.5, 0.6) is 11.5 Å². The predicted molar refractivity (Wildman–Crippen MR) is 90.0 cm³/mol. The summed E-state index contributed by atoms with van der Waals surface area (Å²) in [5.41, 5.74) is 2.92. The van der Waals surface area contributed by atoms with E-state index in [0.717, 1.165) is 46.9 Å². The van der Waals surface area contributed by atoms with Crippen LogP contribution in [-0.2, 0) is 12.8 Å². The van der Waals surface area contributed by atoms with Gasteiger partial charge in [0.15, 0.2) is 11.5 Å². The van der Waals surface area contributed by atoms with E-state index in [1.165, 1.54) is 10.4 Å². The standard InChI is InChI=1S/C18H16N2O2S/c1-11-2-4-13-14(8-19)18(23-17(13)6-11)20-9-12-3-5-15-16(7-12)22-10-21-15/h3,5,7,9,11H,2,4,6,10H2,1H3/t11-/m0/s1. The zero-order valence-electron chi connectivity index (χ0n) is 12.8. The number of hydrogen-bond acceptors (Lipinski definition) is 5. The van der Waals surface area contributed by atoms with E-state index in [1.807, 2.05) is 18.2 Å². The molecule has 0 unspecified atom stereocenters. The summed E-state index contributed by atoms with van der Waals surface area (Å²) in [7, 11) is 0. The minimum atomic E-state index is 0.268. The van der Waals surface area contributed by atoms with Crippen molar-refractivity contribution in [3.8, 4) is 17.6 Å². The Hall–Kier alpha value is -2.32. The van der Waals surface area contributed by atoms with Gasteiger partial charge in [-0.25, -0.2) is 4.99 Å². The molecule has 5 heteroatoms. The molecule has 1 aromatic carbocycles. The van der Waals surface area contributed by atoms with Gasteiger partial charge in [0.2, 0.25) is 6.79 Å². The van der Waals surface area contributed by atoms with E-state index >= 15 is 0 Å². The second-order valence-electron chi connectivity index (χ2n) is 6.01. The maximum Gasteiger partial charge on any atom is 0.231 e. The molecule has 1 aliphatic carbocycles. The lowest BCUT2D eigenvalue weighted by Crippen LogP contribution is -2.09. The molecule has 116 valence electrons. The average molecular weight is 324 g/mol. The van der Waals surface area contributed by atoms with Gasteiger partial charge in [-0.05, 0) is 54.5 Å². The van der Waals surface area contributed by atoms with Gasteiger partial charge in [0, 0.05) is 11.1 Å². The maximum absolute atomic E-state index is 9.50. The lowest BCUT2D eigenvalue weighted by Gasteiger charge is -2.17. The van der Waals surface area contributed by atoms with E-state index in [9.17, 15) is 5.26 Å². The number of rotatable bonds is 2. The van der Waals surface area contributed by atoms with E-state index in [0.29, 0.717) is 5.92 Å². The first-order valence-electron chi connectivity index (χ1n) is 7.73. The van der Waals surface area contributed by atoms with E-state index in [1.54, 1.807) is 17.6 Å². The van der Waals surface area contributed by atoms with Crippen LogP contribution in [0.2, 0.25) is 0 Å². The van der Waals surface area contributed by atoms with Gasteiger partial charge in [-0.2, -0.15) is 5.26 Å². The van der Waals surface area contributed by atoms with Crippen LogP contribution in [0.4, 0.5) is 5.00 Å². The van der Waals surface area contributed by atoms with Crippen molar-refractivity contribution in [1.29, 1.82) is 5.26 Å². The molecule has 2 aliphatic rings. The summed E-state index contributed by atoms with van der Waals surface area (Å²) >= 11 is 1.66. The highest BCUT2D eigenvalue weighted by Crippen LogP contribution is 2.40. The second-order valence-corrected chi connectivity index (χ2v) is 7.10. The van der Waals surface area contributed by atoms with Gasteiger partial charge in [-0.1, -0.05) is 6.92 Å². The maximum atomic E-state index is 9.50. The molecule has 0 saturated heterocycles. The predicted octanol–water partition coefficient (Wildman–Crippen LogP) is 4.22. The lowest BCUT2D eigenvalue weighted by molar-refractivity contribution is 0.174. The van der Waals surface area contributed by atoms with Crippen molar-refractivity contribution in [2.75, 3.05) is 6.79 Å². The fourth-order valence-electron chi connectivity index (χ4n) is 3.07. The summed E-state index contributed by atoms with van der Waals surface area (Å²) in [4.78, 5) is 5.91. The zero-order valence-corrected chi connectivity index (χ0v) is 13.7. The van der Waals surface area contributed by atoms with Crippen molar-refractivity contribution in [1.82, 2.24) is 0 Å². The second kappa shape index (κ2) is 5.71. The van der Waals surface area contributed by atoms with Gasteiger partial charge in [0.25, 0.3) is 0 Å². The molecule has 0 bridgehead atoms. The number of ether oxygens (including phenoxy) is 2. The molecule has 0 fully saturated rings. The quantitative estimate of drug-likeness (QED) is 0.777. The Morgan fingerprint density at radius 3 is 3.09 bits per heavy atom. The van der Waals surface area contributed by atoms with Crippen molar-refractivity contribution >= 4 is 22.6 Å². The smallest absolute Gasteiger partial charge is 0.231 e. The van der Waals surface area contributed by atoms with E-state index in [4.69, 9.17) is 9.47 Å². The fourth-order valence-corrected chi connectivity index (χ4v) is 4.37. The Morgan fingerprint density at radius 2 is 2.22 bits per heavy atom. The summed E-state index contributed by atoms with van der Waals surface area (Å²) in [5, 5.41) is 10.3. The van der Waals surface area contributed by atoms with Gasteiger partial charge in [0.1, 0.15) is 11.1 Å². The van der Waals surface area contributed by atoms with Crippen molar-refractivity contribution < 1.29 is 9.47 Å². The Balaban J connectivity index is 1.65. The number of benzene rings is 1. The third-order valence-electron chi connectivity index (χ3n) is 4.33. The Morgan fingerprint density at radius 1 is 1.35 bits per heavy atom. The minimum Gasteiger partial charge on any atom is -0.454 e. The van der Waals surface area contributed by atoms with Crippen LogP contribution in [0.3, 0.4) is 0 Å². The van der Waals surface area contributed by atoms with E-state index in [-0.39, 0.29) is 6.79 Å². The molecule has 4 nitrogen and oxygen atoms in total. The van der Waals surface area contributed by atoms with Gasteiger partial charge >= 0.3 is 0 Å². The number of nitriles is 1.